The first-order chi connectivity index (χ1) is 7.35. The highest BCUT2D eigenvalue weighted by Gasteiger charge is 2.16. The zero-order valence-electron chi connectivity index (χ0n) is 9.77. The van der Waals surface area contributed by atoms with Crippen molar-refractivity contribution in [2.24, 2.45) is 5.41 Å². The van der Waals surface area contributed by atoms with E-state index in [0.29, 0.717) is 21.7 Å². The van der Waals surface area contributed by atoms with Crippen molar-refractivity contribution in [3.8, 4) is 0 Å². The summed E-state index contributed by atoms with van der Waals surface area (Å²) in [6.07, 6.45) is 1.07. The summed E-state index contributed by atoms with van der Waals surface area (Å²) in [5, 5.41) is 4.06. The highest BCUT2D eigenvalue weighted by Crippen LogP contribution is 2.28. The second-order valence-corrected chi connectivity index (χ2v) is 5.37. The zero-order valence-corrected chi connectivity index (χ0v) is 11.3. The first-order valence-electron chi connectivity index (χ1n) is 5.21. The molecule has 0 aliphatic carbocycles. The molecule has 1 rings (SSSR count). The molecule has 0 spiro atoms. The molecule has 0 unspecified atom stereocenters. The van der Waals surface area contributed by atoms with Gasteiger partial charge >= 0.3 is 0 Å². The highest BCUT2D eigenvalue weighted by molar-refractivity contribution is 6.37. The van der Waals surface area contributed by atoms with Gasteiger partial charge in [0.15, 0.2) is 0 Å². The van der Waals surface area contributed by atoms with Crippen molar-refractivity contribution in [1.29, 1.82) is 0 Å². The zero-order chi connectivity index (χ0) is 12.3. The van der Waals surface area contributed by atoms with E-state index in [9.17, 15) is 0 Å². The van der Waals surface area contributed by atoms with Crippen molar-refractivity contribution < 1.29 is 0 Å². The Labute approximate surface area is 106 Å². The van der Waals surface area contributed by atoms with Crippen molar-refractivity contribution in [3.05, 3.63) is 16.1 Å². The lowest BCUT2D eigenvalue weighted by Gasteiger charge is -2.23. The molecule has 0 radical (unpaired) electrons. The summed E-state index contributed by atoms with van der Waals surface area (Å²) in [7, 11) is 0. The van der Waals surface area contributed by atoms with Gasteiger partial charge in [0.1, 0.15) is 11.6 Å². The fourth-order valence-electron chi connectivity index (χ4n) is 1.05. The van der Waals surface area contributed by atoms with Crippen molar-refractivity contribution >= 4 is 34.8 Å². The second-order valence-electron chi connectivity index (χ2n) is 4.56. The minimum Gasteiger partial charge on any atom is -0.382 e. The largest absolute Gasteiger partial charge is 0.382 e. The minimum atomic E-state index is 0.194. The van der Waals surface area contributed by atoms with Gasteiger partial charge in [0.25, 0.3) is 0 Å². The van der Waals surface area contributed by atoms with Crippen LogP contribution in [0.1, 0.15) is 27.2 Å². The molecule has 0 bridgehead atoms. The van der Waals surface area contributed by atoms with Crippen molar-refractivity contribution in [2.75, 3.05) is 17.6 Å². The van der Waals surface area contributed by atoms with Crippen LogP contribution in [0, 0.1) is 5.41 Å². The van der Waals surface area contributed by atoms with Crippen LogP contribution in [-0.4, -0.2) is 11.5 Å². The molecular formula is C11H17Cl2N3. The molecule has 0 aliphatic rings. The van der Waals surface area contributed by atoms with Gasteiger partial charge in [0.2, 0.25) is 0 Å². The number of nitrogens with two attached hydrogens (primary N) is 1. The van der Waals surface area contributed by atoms with Crippen LogP contribution < -0.4 is 11.1 Å². The van der Waals surface area contributed by atoms with E-state index in [0.717, 1.165) is 13.0 Å². The van der Waals surface area contributed by atoms with E-state index < -0.39 is 0 Å². The quantitative estimate of drug-likeness (QED) is 0.867. The van der Waals surface area contributed by atoms with Gasteiger partial charge in [-0.15, -0.1) is 0 Å². The highest BCUT2D eigenvalue weighted by atomic mass is 35.5. The fraction of sp³-hybridized carbons (Fsp3) is 0.545. The van der Waals surface area contributed by atoms with Crippen LogP contribution in [0.2, 0.25) is 10.0 Å². The Balaban J connectivity index is 2.79. The summed E-state index contributed by atoms with van der Waals surface area (Å²) < 4.78 is 0. The number of hydrogen-bond donors (Lipinski definition) is 2. The molecule has 3 nitrogen and oxygen atoms in total. The molecule has 1 aromatic rings. The first kappa shape index (κ1) is 13.4. The number of pyridine rings is 1. The molecule has 0 saturated carbocycles. The van der Waals surface area contributed by atoms with E-state index in [-0.39, 0.29) is 5.41 Å². The van der Waals surface area contributed by atoms with Gasteiger partial charge in [-0.05, 0) is 17.9 Å². The molecule has 1 heterocycles. The Bertz CT molecular complexity index is 378. The van der Waals surface area contributed by atoms with Crippen LogP contribution in [0.15, 0.2) is 6.07 Å². The summed E-state index contributed by atoms with van der Waals surface area (Å²) >= 11 is 11.8. The number of nitrogen functional groups attached to an aromatic ring is 1. The molecule has 0 amide bonds. The fourth-order valence-corrected chi connectivity index (χ4v) is 1.48. The molecule has 1 aromatic heterocycles. The van der Waals surface area contributed by atoms with Gasteiger partial charge in [-0.2, -0.15) is 0 Å². The monoisotopic (exact) mass is 261 g/mol. The van der Waals surface area contributed by atoms with Gasteiger partial charge < -0.3 is 11.1 Å². The number of anilines is 2. The molecule has 0 aliphatic heterocycles. The Morgan fingerprint density at radius 2 is 2.00 bits per heavy atom. The number of rotatable bonds is 4. The Morgan fingerprint density at radius 1 is 1.38 bits per heavy atom. The van der Waals surface area contributed by atoms with Gasteiger partial charge in [-0.25, -0.2) is 4.98 Å². The summed E-state index contributed by atoms with van der Waals surface area (Å²) in [5.74, 6) is 0.882. The molecule has 0 saturated heterocycles. The molecule has 5 heteroatoms. The summed E-state index contributed by atoms with van der Waals surface area (Å²) in [4.78, 5) is 4.11. The predicted molar refractivity (Wildman–Crippen MR) is 71.2 cm³/mol. The van der Waals surface area contributed by atoms with E-state index in [4.69, 9.17) is 28.9 Å². The summed E-state index contributed by atoms with van der Waals surface area (Å²) in [5.41, 5.74) is 5.81. The maximum Gasteiger partial charge on any atom is 0.147 e. The molecule has 0 atom stereocenters. The number of nitrogens with one attached hydrogen (secondary N) is 1. The van der Waals surface area contributed by atoms with Crippen LogP contribution in [0.5, 0.6) is 0 Å². The lowest BCUT2D eigenvalue weighted by atomic mass is 9.90. The van der Waals surface area contributed by atoms with E-state index in [1.165, 1.54) is 0 Å². The maximum absolute atomic E-state index is 6.01. The van der Waals surface area contributed by atoms with Crippen molar-refractivity contribution in [2.45, 2.75) is 27.2 Å². The number of aromatic nitrogens is 1. The Hall–Kier alpha value is -0.670. The first-order valence-corrected chi connectivity index (χ1v) is 5.96. The van der Waals surface area contributed by atoms with Crippen molar-refractivity contribution in [3.63, 3.8) is 0 Å². The van der Waals surface area contributed by atoms with Gasteiger partial charge in [0.05, 0.1) is 10.0 Å². The second kappa shape index (κ2) is 5.11. The summed E-state index contributed by atoms with van der Waals surface area (Å²) in [6, 6.07) is 1.60. The smallest absolute Gasteiger partial charge is 0.147 e. The minimum absolute atomic E-state index is 0.194. The van der Waals surface area contributed by atoms with Gasteiger partial charge in [-0.3, -0.25) is 0 Å². The third kappa shape index (κ3) is 3.42. The molecular weight excluding hydrogens is 245 g/mol. The third-order valence-electron chi connectivity index (χ3n) is 2.65. The third-order valence-corrected chi connectivity index (χ3v) is 3.24. The molecule has 0 aromatic carbocycles. The van der Waals surface area contributed by atoms with Gasteiger partial charge in [0, 0.05) is 6.54 Å². The number of halogens is 2. The molecule has 16 heavy (non-hydrogen) atoms. The topological polar surface area (TPSA) is 50.9 Å². The maximum atomic E-state index is 6.01. The molecule has 0 fully saturated rings. The van der Waals surface area contributed by atoms with E-state index in [1.54, 1.807) is 6.07 Å². The van der Waals surface area contributed by atoms with E-state index in [2.05, 4.69) is 31.1 Å². The average molecular weight is 262 g/mol. The van der Waals surface area contributed by atoms with Gasteiger partial charge in [-0.1, -0.05) is 44.0 Å². The van der Waals surface area contributed by atoms with Crippen LogP contribution in [0.3, 0.4) is 0 Å². The van der Waals surface area contributed by atoms with Crippen LogP contribution in [0.25, 0.3) is 0 Å². The van der Waals surface area contributed by atoms with Crippen LogP contribution in [-0.2, 0) is 0 Å². The number of nitrogens with zero attached hydrogens (tertiary/aromatic N) is 1. The summed E-state index contributed by atoms with van der Waals surface area (Å²) in [6.45, 7) is 7.28. The average Bonchev–Trinajstić information content (AvgIpc) is 2.22. The van der Waals surface area contributed by atoms with Crippen molar-refractivity contribution in [1.82, 2.24) is 4.98 Å². The predicted octanol–water partition coefficient (Wildman–Crippen LogP) is 3.82. The molecule has 3 N–H and O–H groups in total. The number of hydrogen-bond acceptors (Lipinski definition) is 3. The standard InChI is InChI=1S/C11H17Cl2N3/c1-4-11(2,3)6-15-10-8(13)5-7(12)9(14)16-10/h5H,4,6H2,1-3H3,(H3,14,15,16). The van der Waals surface area contributed by atoms with Crippen LogP contribution >= 0.6 is 23.2 Å². The van der Waals surface area contributed by atoms with E-state index >= 15 is 0 Å². The van der Waals surface area contributed by atoms with E-state index in [1.807, 2.05) is 0 Å². The Morgan fingerprint density at radius 3 is 2.56 bits per heavy atom. The lowest BCUT2D eigenvalue weighted by Crippen LogP contribution is -2.22. The van der Waals surface area contributed by atoms with Crippen LogP contribution in [0.4, 0.5) is 11.6 Å². The lowest BCUT2D eigenvalue weighted by molar-refractivity contribution is 0.376. The molecule has 90 valence electrons. The normalized spacial score (nSPS) is 11.6. The SMILES string of the molecule is CCC(C)(C)CNc1nc(N)c(Cl)cc1Cl. The Kier molecular flexibility index (Phi) is 4.28.